The topological polar surface area (TPSA) is 63.2 Å². The van der Waals surface area contributed by atoms with Crippen LogP contribution in [0.3, 0.4) is 0 Å². The van der Waals surface area contributed by atoms with Crippen molar-refractivity contribution in [2.24, 2.45) is 16.8 Å². The summed E-state index contributed by atoms with van der Waals surface area (Å²) >= 11 is 0. The Labute approximate surface area is 175 Å². The lowest BCUT2D eigenvalue weighted by Gasteiger charge is -2.21. The van der Waals surface area contributed by atoms with Gasteiger partial charge in [-0.25, -0.2) is 13.8 Å². The largest absolute Gasteiger partial charge is 0.492 e. The van der Waals surface area contributed by atoms with Gasteiger partial charge in [0.25, 0.3) is 0 Å². The van der Waals surface area contributed by atoms with Crippen molar-refractivity contribution in [2.45, 2.75) is 13.8 Å². The molecule has 0 aromatic heterocycles. The highest BCUT2D eigenvalue weighted by Gasteiger charge is 2.36. The minimum atomic E-state index is -0.945. The molecule has 9 heteroatoms. The Morgan fingerprint density at radius 2 is 2.07 bits per heavy atom. The number of esters is 1. The maximum atomic E-state index is 13.2. The van der Waals surface area contributed by atoms with Crippen molar-refractivity contribution in [1.82, 2.24) is 10.2 Å². The zero-order valence-electron chi connectivity index (χ0n) is 15.7. The second kappa shape index (κ2) is 11.3. The van der Waals surface area contributed by atoms with Gasteiger partial charge in [0.2, 0.25) is 0 Å². The van der Waals surface area contributed by atoms with E-state index in [0.717, 1.165) is 12.1 Å². The van der Waals surface area contributed by atoms with Gasteiger partial charge < -0.3 is 19.7 Å². The molecular weight excluding hydrogens is 471 g/mol. The Balaban J connectivity index is 0.00000364. The molecule has 0 saturated carbocycles. The number of benzene rings is 1. The molecule has 1 N–H and O–H groups in total. The summed E-state index contributed by atoms with van der Waals surface area (Å²) in [7, 11) is 1.40. The molecule has 1 fully saturated rings. The molecule has 1 aromatic rings. The number of rotatable bonds is 6. The summed E-state index contributed by atoms with van der Waals surface area (Å²) in [6, 6.07) is 3.40. The van der Waals surface area contributed by atoms with Crippen molar-refractivity contribution >= 4 is 35.9 Å². The van der Waals surface area contributed by atoms with Gasteiger partial charge in [-0.3, -0.25) is 4.79 Å². The predicted octanol–water partition coefficient (Wildman–Crippen LogP) is 2.67. The SMILES string of the molecule is CCNC(=NCCOc1ccc(F)c(F)c1)N1CC(C)C(C(=O)OC)C1.I. The smallest absolute Gasteiger partial charge is 0.310 e. The van der Waals surface area contributed by atoms with Crippen molar-refractivity contribution in [3.05, 3.63) is 29.8 Å². The molecule has 1 aromatic carbocycles. The number of carbonyl (C=O) groups is 1. The lowest BCUT2D eigenvalue weighted by molar-refractivity contribution is -0.145. The van der Waals surface area contributed by atoms with Gasteiger partial charge in [0.15, 0.2) is 17.6 Å². The van der Waals surface area contributed by atoms with E-state index >= 15 is 0 Å². The van der Waals surface area contributed by atoms with E-state index in [4.69, 9.17) is 9.47 Å². The van der Waals surface area contributed by atoms with Crippen LogP contribution in [0, 0.1) is 23.5 Å². The minimum Gasteiger partial charge on any atom is -0.492 e. The van der Waals surface area contributed by atoms with E-state index in [-0.39, 0.29) is 54.1 Å². The number of hydrogen-bond acceptors (Lipinski definition) is 4. The molecule has 0 bridgehead atoms. The molecule has 0 spiro atoms. The number of nitrogens with one attached hydrogen (secondary N) is 1. The summed E-state index contributed by atoms with van der Waals surface area (Å²) in [6.07, 6.45) is 0. The van der Waals surface area contributed by atoms with Gasteiger partial charge in [-0.2, -0.15) is 0 Å². The second-order valence-electron chi connectivity index (χ2n) is 6.17. The molecule has 2 rings (SSSR count). The number of aliphatic imine (C=N–C) groups is 1. The van der Waals surface area contributed by atoms with Gasteiger partial charge in [0.05, 0.1) is 19.6 Å². The molecule has 0 aliphatic carbocycles. The summed E-state index contributed by atoms with van der Waals surface area (Å²) < 4.78 is 36.3. The molecule has 152 valence electrons. The maximum absolute atomic E-state index is 13.2. The average molecular weight is 497 g/mol. The van der Waals surface area contributed by atoms with Gasteiger partial charge in [-0.05, 0) is 25.0 Å². The zero-order valence-corrected chi connectivity index (χ0v) is 18.0. The Bertz CT molecular complexity index is 661. The van der Waals surface area contributed by atoms with Gasteiger partial charge >= 0.3 is 5.97 Å². The highest BCUT2D eigenvalue weighted by atomic mass is 127. The Hall–Kier alpha value is -1.65. The first-order valence-electron chi connectivity index (χ1n) is 8.65. The second-order valence-corrected chi connectivity index (χ2v) is 6.17. The average Bonchev–Trinajstić information content (AvgIpc) is 3.01. The number of hydrogen-bond donors (Lipinski definition) is 1. The van der Waals surface area contributed by atoms with Crippen LogP contribution in [0.25, 0.3) is 0 Å². The summed E-state index contributed by atoms with van der Waals surface area (Å²) in [5.41, 5.74) is 0. The van der Waals surface area contributed by atoms with Crippen LogP contribution in [0.1, 0.15) is 13.8 Å². The molecule has 0 amide bonds. The van der Waals surface area contributed by atoms with Crippen molar-refractivity contribution in [1.29, 1.82) is 0 Å². The molecule has 27 heavy (non-hydrogen) atoms. The first-order valence-corrected chi connectivity index (χ1v) is 8.65. The van der Waals surface area contributed by atoms with Crippen LogP contribution in [0.4, 0.5) is 8.78 Å². The van der Waals surface area contributed by atoms with Crippen LogP contribution >= 0.6 is 24.0 Å². The first-order chi connectivity index (χ1) is 12.5. The third-order valence-electron chi connectivity index (χ3n) is 4.26. The zero-order chi connectivity index (χ0) is 19.1. The van der Waals surface area contributed by atoms with E-state index < -0.39 is 11.6 Å². The van der Waals surface area contributed by atoms with Crippen molar-refractivity contribution in [2.75, 3.05) is 39.9 Å². The van der Waals surface area contributed by atoms with Gasteiger partial charge in [-0.15, -0.1) is 24.0 Å². The predicted molar refractivity (Wildman–Crippen MR) is 109 cm³/mol. The van der Waals surface area contributed by atoms with Crippen LogP contribution in [-0.2, 0) is 9.53 Å². The molecule has 1 heterocycles. The number of likely N-dealkylation sites (tertiary alicyclic amines) is 1. The number of ether oxygens (including phenoxy) is 2. The number of carbonyl (C=O) groups excluding carboxylic acids is 1. The molecule has 2 atom stereocenters. The molecule has 2 unspecified atom stereocenters. The number of halogens is 3. The third kappa shape index (κ3) is 6.47. The minimum absolute atomic E-state index is 0. The Morgan fingerprint density at radius 3 is 2.70 bits per heavy atom. The molecule has 0 radical (unpaired) electrons. The Morgan fingerprint density at radius 1 is 1.33 bits per heavy atom. The fraction of sp³-hybridized carbons (Fsp3) is 0.556. The van der Waals surface area contributed by atoms with Crippen LogP contribution in [-0.4, -0.2) is 56.7 Å². The van der Waals surface area contributed by atoms with E-state index in [1.807, 2.05) is 18.7 Å². The van der Waals surface area contributed by atoms with Crippen LogP contribution in [0.5, 0.6) is 5.75 Å². The summed E-state index contributed by atoms with van der Waals surface area (Å²) in [5.74, 6) is -1.12. The van der Waals surface area contributed by atoms with Crippen molar-refractivity contribution < 1.29 is 23.0 Å². The molecule has 1 aliphatic rings. The lowest BCUT2D eigenvalue weighted by atomic mass is 9.99. The van der Waals surface area contributed by atoms with Gasteiger partial charge in [0.1, 0.15) is 12.4 Å². The van der Waals surface area contributed by atoms with E-state index in [0.29, 0.717) is 32.1 Å². The third-order valence-corrected chi connectivity index (χ3v) is 4.26. The summed E-state index contributed by atoms with van der Waals surface area (Å²) in [5, 5.41) is 3.20. The highest BCUT2D eigenvalue weighted by molar-refractivity contribution is 14.0. The fourth-order valence-corrected chi connectivity index (χ4v) is 2.91. The quantitative estimate of drug-likeness (QED) is 0.215. The van der Waals surface area contributed by atoms with E-state index in [2.05, 4.69) is 10.3 Å². The van der Waals surface area contributed by atoms with Crippen LogP contribution in [0.2, 0.25) is 0 Å². The first kappa shape index (κ1) is 23.4. The van der Waals surface area contributed by atoms with Crippen molar-refractivity contribution in [3.8, 4) is 5.75 Å². The Kier molecular flexibility index (Phi) is 9.75. The normalized spacial score (nSPS) is 19.4. The van der Waals surface area contributed by atoms with Gasteiger partial charge in [-0.1, -0.05) is 6.92 Å². The number of guanidine groups is 1. The molecule has 1 saturated heterocycles. The van der Waals surface area contributed by atoms with E-state index in [9.17, 15) is 13.6 Å². The summed E-state index contributed by atoms with van der Waals surface area (Å²) in [4.78, 5) is 18.3. The number of nitrogens with zero attached hydrogens (tertiary/aromatic N) is 2. The lowest BCUT2D eigenvalue weighted by Crippen LogP contribution is -2.41. The molecule has 6 nitrogen and oxygen atoms in total. The fourth-order valence-electron chi connectivity index (χ4n) is 2.91. The van der Waals surface area contributed by atoms with Crippen LogP contribution in [0.15, 0.2) is 23.2 Å². The maximum Gasteiger partial charge on any atom is 0.310 e. The highest BCUT2D eigenvalue weighted by Crippen LogP contribution is 2.24. The summed E-state index contributed by atoms with van der Waals surface area (Å²) in [6.45, 7) is 6.48. The van der Waals surface area contributed by atoms with E-state index in [1.165, 1.54) is 13.2 Å². The van der Waals surface area contributed by atoms with Crippen LogP contribution < -0.4 is 10.1 Å². The van der Waals surface area contributed by atoms with Crippen molar-refractivity contribution in [3.63, 3.8) is 0 Å². The standard InChI is InChI=1S/C18H25F2N3O3.HI/c1-4-21-18(23-10-12(2)14(11-23)17(24)25-3)22-7-8-26-13-5-6-15(19)16(20)9-13;/h5-6,9,12,14H,4,7-8,10-11H2,1-3H3,(H,21,22);1H. The van der Waals surface area contributed by atoms with Gasteiger partial charge in [0, 0.05) is 25.7 Å². The van der Waals surface area contributed by atoms with E-state index in [1.54, 1.807) is 0 Å². The molecular formula is C18H26F2IN3O3. The number of methoxy groups -OCH3 is 1. The molecule has 1 aliphatic heterocycles. The monoisotopic (exact) mass is 497 g/mol.